The molecule has 128 valence electrons. The van der Waals surface area contributed by atoms with Gasteiger partial charge in [0.15, 0.2) is 12.1 Å². The number of aliphatic hydroxyl groups is 2. The molecule has 0 aliphatic carbocycles. The van der Waals surface area contributed by atoms with Crippen molar-refractivity contribution in [2.75, 3.05) is 0 Å². The zero-order valence-corrected chi connectivity index (χ0v) is 14.4. The number of ether oxygens (including phenoxy) is 3. The van der Waals surface area contributed by atoms with Crippen molar-refractivity contribution in [2.24, 2.45) is 0 Å². The highest BCUT2D eigenvalue weighted by Gasteiger charge is 2.55. The molecule has 2 fully saturated rings. The van der Waals surface area contributed by atoms with E-state index < -0.39 is 36.5 Å². The van der Waals surface area contributed by atoms with Crippen molar-refractivity contribution in [1.29, 1.82) is 0 Å². The molecule has 0 saturated carbocycles. The Hall–Kier alpha value is -0.980. The van der Waals surface area contributed by atoms with Crippen LogP contribution in [0, 0.1) is 20.8 Å². The van der Waals surface area contributed by atoms with Gasteiger partial charge in [0, 0.05) is 6.42 Å². The third-order valence-electron chi connectivity index (χ3n) is 4.69. The minimum atomic E-state index is -0.900. The molecule has 5 heteroatoms. The Morgan fingerprint density at radius 2 is 1.74 bits per heavy atom. The van der Waals surface area contributed by atoms with Gasteiger partial charge in [0.1, 0.15) is 18.3 Å². The Balaban J connectivity index is 1.72. The molecule has 1 aromatic carbocycles. The van der Waals surface area contributed by atoms with E-state index in [1.54, 1.807) is 13.8 Å². The monoisotopic (exact) mass is 322 g/mol. The van der Waals surface area contributed by atoms with Gasteiger partial charge in [-0.1, -0.05) is 17.7 Å². The van der Waals surface area contributed by atoms with Crippen molar-refractivity contribution >= 4 is 0 Å². The van der Waals surface area contributed by atoms with E-state index in [1.165, 1.54) is 5.56 Å². The molecule has 2 aliphatic rings. The summed E-state index contributed by atoms with van der Waals surface area (Å²) in [5, 5.41) is 21.0. The van der Waals surface area contributed by atoms with Gasteiger partial charge >= 0.3 is 0 Å². The number of aliphatic hydroxyl groups excluding tert-OH is 2. The van der Waals surface area contributed by atoms with Gasteiger partial charge < -0.3 is 24.4 Å². The quantitative estimate of drug-likeness (QED) is 0.887. The maximum absolute atomic E-state index is 10.6. The van der Waals surface area contributed by atoms with Crippen LogP contribution in [0.4, 0.5) is 0 Å². The highest BCUT2D eigenvalue weighted by atomic mass is 16.8. The lowest BCUT2D eigenvalue weighted by Gasteiger charge is -2.26. The maximum Gasteiger partial charge on any atom is 0.190 e. The summed E-state index contributed by atoms with van der Waals surface area (Å²) in [6.07, 6.45) is -3.16. The van der Waals surface area contributed by atoms with Crippen molar-refractivity contribution in [3.63, 3.8) is 0 Å². The molecule has 0 bridgehead atoms. The summed E-state index contributed by atoms with van der Waals surface area (Å²) in [4.78, 5) is 0. The van der Waals surface area contributed by atoms with Crippen LogP contribution in [0.1, 0.15) is 36.1 Å². The Kier molecular flexibility index (Phi) is 4.27. The first kappa shape index (κ1) is 16.9. The Labute approximate surface area is 137 Å². The van der Waals surface area contributed by atoms with Crippen LogP contribution in [-0.4, -0.2) is 46.7 Å². The zero-order valence-electron chi connectivity index (χ0n) is 14.4. The summed E-state index contributed by atoms with van der Waals surface area (Å²) in [6.45, 7) is 9.70. The van der Waals surface area contributed by atoms with Crippen LogP contribution in [0.5, 0.6) is 0 Å². The average Bonchev–Trinajstić information content (AvgIpc) is 2.87. The molecule has 2 N–H and O–H groups in total. The smallest absolute Gasteiger partial charge is 0.190 e. The van der Waals surface area contributed by atoms with Crippen molar-refractivity contribution in [3.8, 4) is 0 Å². The molecule has 0 amide bonds. The fourth-order valence-corrected chi connectivity index (χ4v) is 3.69. The molecular formula is C18H26O5. The molecule has 3 rings (SSSR count). The molecule has 0 radical (unpaired) electrons. The molecule has 2 aliphatic heterocycles. The van der Waals surface area contributed by atoms with Crippen LogP contribution >= 0.6 is 0 Å². The van der Waals surface area contributed by atoms with Gasteiger partial charge in [-0.25, -0.2) is 0 Å². The van der Waals surface area contributed by atoms with E-state index in [1.807, 2.05) is 13.8 Å². The topological polar surface area (TPSA) is 68.2 Å². The first-order valence-electron chi connectivity index (χ1n) is 8.12. The summed E-state index contributed by atoms with van der Waals surface area (Å²) in [5.74, 6) is -0.767. The molecule has 2 saturated heterocycles. The second-order valence-electron chi connectivity index (χ2n) is 7.21. The molecule has 23 heavy (non-hydrogen) atoms. The average molecular weight is 322 g/mol. The van der Waals surface area contributed by atoms with E-state index in [-0.39, 0.29) is 0 Å². The molecule has 5 unspecified atom stereocenters. The van der Waals surface area contributed by atoms with Gasteiger partial charge in [-0.05, 0) is 51.3 Å². The lowest BCUT2D eigenvalue weighted by atomic mass is 9.92. The number of fused-ring (bicyclic) bond motifs is 1. The number of rotatable bonds is 3. The summed E-state index contributed by atoms with van der Waals surface area (Å²) in [7, 11) is 0. The van der Waals surface area contributed by atoms with Crippen LogP contribution in [-0.2, 0) is 20.6 Å². The lowest BCUT2D eigenvalue weighted by Crippen LogP contribution is -2.41. The molecule has 5 nitrogen and oxygen atoms in total. The van der Waals surface area contributed by atoms with Crippen LogP contribution < -0.4 is 0 Å². The van der Waals surface area contributed by atoms with Crippen molar-refractivity contribution in [1.82, 2.24) is 0 Å². The first-order chi connectivity index (χ1) is 10.7. The van der Waals surface area contributed by atoms with E-state index >= 15 is 0 Å². The number of aryl methyl sites for hydroxylation is 3. The van der Waals surface area contributed by atoms with E-state index in [4.69, 9.17) is 14.2 Å². The molecule has 2 heterocycles. The standard InChI is InChI=1S/C18H26O5/c1-9-6-10(2)12(11(3)7-9)8-13(19)15-14(20)16-17(21-15)23-18(4,5)22-16/h6-7,13-17,19-20H,8H2,1-5H3. The van der Waals surface area contributed by atoms with Crippen LogP contribution in [0.2, 0.25) is 0 Å². The van der Waals surface area contributed by atoms with Gasteiger partial charge in [0.2, 0.25) is 0 Å². The summed E-state index contributed by atoms with van der Waals surface area (Å²) >= 11 is 0. The molecular weight excluding hydrogens is 296 g/mol. The summed E-state index contributed by atoms with van der Waals surface area (Å²) < 4.78 is 17.0. The molecule has 5 atom stereocenters. The van der Waals surface area contributed by atoms with E-state index in [0.29, 0.717) is 6.42 Å². The maximum atomic E-state index is 10.6. The van der Waals surface area contributed by atoms with Crippen molar-refractivity contribution < 1.29 is 24.4 Å². The predicted molar refractivity (Wildman–Crippen MR) is 85.1 cm³/mol. The summed E-state index contributed by atoms with van der Waals surface area (Å²) in [6, 6.07) is 4.20. The number of hydrogen-bond acceptors (Lipinski definition) is 5. The van der Waals surface area contributed by atoms with E-state index in [2.05, 4.69) is 19.1 Å². The lowest BCUT2D eigenvalue weighted by molar-refractivity contribution is -0.225. The van der Waals surface area contributed by atoms with Crippen LogP contribution in [0.25, 0.3) is 0 Å². The summed E-state index contributed by atoms with van der Waals surface area (Å²) in [5.41, 5.74) is 4.58. The largest absolute Gasteiger partial charge is 0.390 e. The van der Waals surface area contributed by atoms with Gasteiger partial charge in [-0.3, -0.25) is 0 Å². The molecule has 0 spiro atoms. The molecule has 0 aromatic heterocycles. The highest BCUT2D eigenvalue weighted by Crippen LogP contribution is 2.38. The van der Waals surface area contributed by atoms with Crippen molar-refractivity contribution in [2.45, 2.75) is 77.5 Å². The van der Waals surface area contributed by atoms with E-state index in [0.717, 1.165) is 16.7 Å². The van der Waals surface area contributed by atoms with Crippen LogP contribution in [0.15, 0.2) is 12.1 Å². The second-order valence-corrected chi connectivity index (χ2v) is 7.21. The van der Waals surface area contributed by atoms with E-state index in [9.17, 15) is 10.2 Å². The van der Waals surface area contributed by atoms with Gasteiger partial charge in [-0.2, -0.15) is 0 Å². The van der Waals surface area contributed by atoms with Gasteiger partial charge in [0.05, 0.1) is 6.10 Å². The fourth-order valence-electron chi connectivity index (χ4n) is 3.69. The van der Waals surface area contributed by atoms with Crippen LogP contribution in [0.3, 0.4) is 0 Å². The molecule has 1 aromatic rings. The van der Waals surface area contributed by atoms with Crippen molar-refractivity contribution in [3.05, 3.63) is 34.4 Å². The Morgan fingerprint density at radius 3 is 2.30 bits per heavy atom. The zero-order chi connectivity index (χ0) is 16.9. The Morgan fingerprint density at radius 1 is 1.13 bits per heavy atom. The Bertz CT molecular complexity index is 574. The van der Waals surface area contributed by atoms with Gasteiger partial charge in [-0.15, -0.1) is 0 Å². The third-order valence-corrected chi connectivity index (χ3v) is 4.69. The van der Waals surface area contributed by atoms with Gasteiger partial charge in [0.25, 0.3) is 0 Å². The minimum absolute atomic E-state index is 0.433. The SMILES string of the molecule is Cc1cc(C)c(CC(O)C2OC3OC(C)(C)OC3C2O)c(C)c1. The number of benzene rings is 1. The minimum Gasteiger partial charge on any atom is -0.390 e. The fraction of sp³-hybridized carbons (Fsp3) is 0.667. The first-order valence-corrected chi connectivity index (χ1v) is 8.12. The second kappa shape index (κ2) is 5.83. The predicted octanol–water partition coefficient (Wildman–Crippen LogP) is 1.75. The third kappa shape index (κ3) is 3.16. The normalized spacial score (nSPS) is 33.7. The number of hydrogen-bond donors (Lipinski definition) is 2. The highest BCUT2D eigenvalue weighted by molar-refractivity contribution is 5.38.